The molecule has 92 valence electrons. The van der Waals surface area contributed by atoms with E-state index in [1.807, 2.05) is 0 Å². The van der Waals surface area contributed by atoms with E-state index < -0.39 is 5.91 Å². The van der Waals surface area contributed by atoms with E-state index >= 15 is 0 Å². The maximum atomic E-state index is 11.4. The van der Waals surface area contributed by atoms with Gasteiger partial charge >= 0.3 is 0 Å². The van der Waals surface area contributed by atoms with Crippen LogP contribution in [0, 0.1) is 5.92 Å². The molecule has 0 radical (unpaired) electrons. The Labute approximate surface area is 103 Å². The van der Waals surface area contributed by atoms with Gasteiger partial charge in [0.25, 0.3) is 5.91 Å². The van der Waals surface area contributed by atoms with Crippen LogP contribution in [0.3, 0.4) is 0 Å². The zero-order chi connectivity index (χ0) is 12.1. The minimum Gasteiger partial charge on any atom is -0.459 e. The molecule has 5 nitrogen and oxygen atoms in total. The predicted molar refractivity (Wildman–Crippen MR) is 64.9 cm³/mol. The van der Waals surface area contributed by atoms with Crippen molar-refractivity contribution in [3.63, 3.8) is 0 Å². The number of imide groups is 1. The van der Waals surface area contributed by atoms with Crippen LogP contribution in [0.15, 0.2) is 22.8 Å². The second-order valence-corrected chi connectivity index (χ2v) is 4.92. The minimum atomic E-state index is -0.481. The van der Waals surface area contributed by atoms with Gasteiger partial charge < -0.3 is 9.73 Å². The molecule has 17 heavy (non-hydrogen) atoms. The van der Waals surface area contributed by atoms with Crippen molar-refractivity contribution in [2.45, 2.75) is 0 Å². The Hall–Kier alpha value is -1.27. The minimum absolute atomic E-state index is 0.159. The molecule has 2 heterocycles. The van der Waals surface area contributed by atoms with Gasteiger partial charge in [0, 0.05) is 0 Å². The lowest BCUT2D eigenvalue weighted by Crippen LogP contribution is -2.43. The highest BCUT2D eigenvalue weighted by Crippen LogP contribution is 2.11. The Morgan fingerprint density at radius 3 is 2.94 bits per heavy atom. The first-order valence-electron chi connectivity index (χ1n) is 5.42. The Balaban J connectivity index is 1.64. The molecule has 1 fully saturated rings. The topological polar surface area (TPSA) is 71.3 Å². The molecule has 0 atom stereocenters. The van der Waals surface area contributed by atoms with Gasteiger partial charge in [0.05, 0.1) is 12.0 Å². The van der Waals surface area contributed by atoms with Crippen LogP contribution in [0.2, 0.25) is 0 Å². The summed E-state index contributed by atoms with van der Waals surface area (Å²) in [5, 5.41) is 5.45. The van der Waals surface area contributed by atoms with Gasteiger partial charge in [-0.2, -0.15) is 11.8 Å². The van der Waals surface area contributed by atoms with Crippen LogP contribution in [0.4, 0.5) is 0 Å². The third-order valence-corrected chi connectivity index (χ3v) is 3.62. The molecule has 0 saturated carbocycles. The van der Waals surface area contributed by atoms with Crippen LogP contribution in [0.5, 0.6) is 0 Å². The molecule has 1 aromatic rings. The Bertz CT molecular complexity index is 387. The average molecular weight is 254 g/mol. The first-order valence-corrected chi connectivity index (χ1v) is 6.57. The van der Waals surface area contributed by atoms with Crippen LogP contribution >= 0.6 is 11.8 Å². The number of carbonyl (C=O) groups is 2. The molecule has 0 aromatic carbocycles. The van der Waals surface area contributed by atoms with Gasteiger partial charge in [0.1, 0.15) is 0 Å². The number of amides is 2. The van der Waals surface area contributed by atoms with Gasteiger partial charge in [-0.3, -0.25) is 14.9 Å². The number of hydrogen-bond donors (Lipinski definition) is 2. The molecule has 2 N–H and O–H groups in total. The molecule has 6 heteroatoms. The lowest BCUT2D eigenvalue weighted by Gasteiger charge is -2.26. The van der Waals surface area contributed by atoms with E-state index in [0.717, 1.165) is 18.8 Å². The number of hydrogen-bond acceptors (Lipinski definition) is 5. The summed E-state index contributed by atoms with van der Waals surface area (Å²) in [5.74, 6) is 1.33. The summed E-state index contributed by atoms with van der Waals surface area (Å²) < 4.78 is 4.89. The molecule has 0 unspecified atom stereocenters. The summed E-state index contributed by atoms with van der Waals surface area (Å²) in [6.45, 7) is 2.06. The third kappa shape index (κ3) is 3.61. The number of rotatable bonds is 5. The van der Waals surface area contributed by atoms with E-state index in [1.54, 1.807) is 17.8 Å². The molecule has 1 aliphatic rings. The Morgan fingerprint density at radius 1 is 1.53 bits per heavy atom. The van der Waals surface area contributed by atoms with Gasteiger partial charge in [-0.1, -0.05) is 0 Å². The van der Waals surface area contributed by atoms with Crippen LogP contribution in [-0.2, 0) is 4.79 Å². The Morgan fingerprint density at radius 2 is 2.35 bits per heavy atom. The maximum absolute atomic E-state index is 11.4. The van der Waals surface area contributed by atoms with E-state index in [0.29, 0.717) is 11.7 Å². The predicted octanol–water partition coefficient (Wildman–Crippen LogP) is 0.489. The molecule has 0 spiro atoms. The van der Waals surface area contributed by atoms with Crippen molar-refractivity contribution >= 4 is 23.6 Å². The van der Waals surface area contributed by atoms with Crippen molar-refractivity contribution in [3.8, 4) is 0 Å². The largest absolute Gasteiger partial charge is 0.459 e. The summed E-state index contributed by atoms with van der Waals surface area (Å²) in [4.78, 5) is 22.9. The van der Waals surface area contributed by atoms with E-state index in [2.05, 4.69) is 10.6 Å². The SMILES string of the molecule is O=C(CSCC1CNC1)NC(=O)c1ccco1. The molecule has 2 rings (SSSR count). The summed E-state index contributed by atoms with van der Waals surface area (Å²) >= 11 is 1.55. The van der Waals surface area contributed by atoms with E-state index in [4.69, 9.17) is 4.42 Å². The highest BCUT2D eigenvalue weighted by molar-refractivity contribution is 7.99. The van der Waals surface area contributed by atoms with E-state index in [1.165, 1.54) is 12.3 Å². The molecular weight excluding hydrogens is 240 g/mol. The lowest BCUT2D eigenvalue weighted by atomic mass is 10.1. The van der Waals surface area contributed by atoms with Gasteiger partial charge in [0.2, 0.25) is 5.91 Å². The summed E-state index contributed by atoms with van der Waals surface area (Å²) in [6, 6.07) is 3.13. The fourth-order valence-corrected chi connectivity index (χ4v) is 2.36. The smallest absolute Gasteiger partial charge is 0.293 e. The van der Waals surface area contributed by atoms with Gasteiger partial charge in [-0.05, 0) is 36.9 Å². The van der Waals surface area contributed by atoms with Gasteiger partial charge in [-0.25, -0.2) is 0 Å². The van der Waals surface area contributed by atoms with Crippen molar-refractivity contribution in [1.29, 1.82) is 0 Å². The molecule has 1 saturated heterocycles. The van der Waals surface area contributed by atoms with E-state index in [-0.39, 0.29) is 11.7 Å². The first kappa shape index (κ1) is 12.2. The summed E-state index contributed by atoms with van der Waals surface area (Å²) in [6.07, 6.45) is 1.40. The second-order valence-electron chi connectivity index (χ2n) is 3.89. The number of carbonyl (C=O) groups excluding carboxylic acids is 2. The van der Waals surface area contributed by atoms with Crippen molar-refractivity contribution in [2.24, 2.45) is 5.92 Å². The number of nitrogens with one attached hydrogen (secondary N) is 2. The maximum Gasteiger partial charge on any atom is 0.293 e. The van der Waals surface area contributed by atoms with Crippen molar-refractivity contribution in [3.05, 3.63) is 24.2 Å². The normalized spacial score (nSPS) is 15.3. The molecule has 1 aromatic heterocycles. The monoisotopic (exact) mass is 254 g/mol. The van der Waals surface area contributed by atoms with Gasteiger partial charge in [-0.15, -0.1) is 0 Å². The molecule has 2 amide bonds. The fourth-order valence-electron chi connectivity index (χ4n) is 1.42. The van der Waals surface area contributed by atoms with Gasteiger partial charge in [0.15, 0.2) is 5.76 Å². The zero-order valence-corrected chi connectivity index (χ0v) is 10.1. The first-order chi connectivity index (χ1) is 8.25. The molecular formula is C11H14N2O3S. The number of furan rings is 1. The quantitative estimate of drug-likeness (QED) is 0.800. The van der Waals surface area contributed by atoms with Crippen LogP contribution in [0.25, 0.3) is 0 Å². The lowest BCUT2D eigenvalue weighted by molar-refractivity contribution is -0.117. The van der Waals surface area contributed by atoms with Crippen molar-refractivity contribution in [2.75, 3.05) is 24.6 Å². The number of thioether (sulfide) groups is 1. The summed E-state index contributed by atoms with van der Waals surface area (Å²) in [7, 11) is 0. The average Bonchev–Trinajstić information content (AvgIpc) is 2.74. The highest BCUT2D eigenvalue weighted by atomic mass is 32.2. The Kier molecular flexibility index (Phi) is 4.22. The van der Waals surface area contributed by atoms with Crippen molar-refractivity contribution in [1.82, 2.24) is 10.6 Å². The van der Waals surface area contributed by atoms with Crippen LogP contribution in [-0.4, -0.2) is 36.4 Å². The standard InChI is InChI=1S/C11H14N2O3S/c14-10(7-17-6-8-4-12-5-8)13-11(15)9-2-1-3-16-9/h1-3,8,12H,4-7H2,(H,13,14,15). The highest BCUT2D eigenvalue weighted by Gasteiger charge is 2.17. The molecule has 0 aliphatic carbocycles. The van der Waals surface area contributed by atoms with Crippen LogP contribution in [0.1, 0.15) is 10.6 Å². The second kappa shape index (κ2) is 5.88. The third-order valence-electron chi connectivity index (χ3n) is 2.45. The summed E-state index contributed by atoms with van der Waals surface area (Å²) in [5.41, 5.74) is 0. The molecule has 0 bridgehead atoms. The molecule has 1 aliphatic heterocycles. The van der Waals surface area contributed by atoms with Crippen molar-refractivity contribution < 1.29 is 14.0 Å². The fraction of sp³-hybridized carbons (Fsp3) is 0.455. The van der Waals surface area contributed by atoms with Crippen LogP contribution < -0.4 is 10.6 Å². The zero-order valence-electron chi connectivity index (χ0n) is 9.27. The van der Waals surface area contributed by atoms with E-state index in [9.17, 15) is 9.59 Å².